The van der Waals surface area contributed by atoms with E-state index in [1.54, 1.807) is 0 Å². The maximum absolute atomic E-state index is 2.47. The van der Waals surface area contributed by atoms with Gasteiger partial charge < -0.3 is 16.9 Å². The minimum Gasteiger partial charge on any atom is -1.00 e. The first kappa shape index (κ1) is 18.2. The first-order valence-corrected chi connectivity index (χ1v) is 8.10. The van der Waals surface area contributed by atoms with Crippen LogP contribution in [0.25, 0.3) is 0 Å². The van der Waals surface area contributed by atoms with Gasteiger partial charge in [0, 0.05) is 0 Å². The van der Waals surface area contributed by atoms with Gasteiger partial charge in [0.1, 0.15) is 0 Å². The average Bonchev–Trinajstić information content (AvgIpc) is 2.33. The third-order valence-corrected chi connectivity index (χ3v) is 4.45. The Labute approximate surface area is 121 Å². The minimum absolute atomic E-state index is 0. The SMILES string of the molecule is CCCCCCCCCC[N+]1(C)CCCCC1.[Cl-]. The Morgan fingerprint density at radius 2 is 1.22 bits per heavy atom. The molecule has 0 spiro atoms. The normalized spacial score (nSPS) is 18.3. The van der Waals surface area contributed by atoms with Crippen LogP contribution < -0.4 is 12.4 Å². The zero-order chi connectivity index (χ0) is 12.4. The number of halogens is 1. The summed E-state index contributed by atoms with van der Waals surface area (Å²) in [6.45, 7) is 6.62. The van der Waals surface area contributed by atoms with E-state index in [4.69, 9.17) is 0 Å². The molecule has 0 aromatic heterocycles. The predicted octanol–water partition coefficient (Wildman–Crippen LogP) is 1.76. The second-order valence-corrected chi connectivity index (χ2v) is 6.33. The largest absolute Gasteiger partial charge is 1.00 e. The second kappa shape index (κ2) is 11.1. The van der Waals surface area contributed by atoms with Gasteiger partial charge in [-0.3, -0.25) is 0 Å². The van der Waals surface area contributed by atoms with Gasteiger partial charge in [0.05, 0.1) is 26.7 Å². The summed E-state index contributed by atoms with van der Waals surface area (Å²) in [4.78, 5) is 0. The Hall–Kier alpha value is 0.250. The van der Waals surface area contributed by atoms with Gasteiger partial charge in [-0.15, -0.1) is 0 Å². The molecule has 0 aromatic rings. The lowest BCUT2D eigenvalue weighted by molar-refractivity contribution is -0.914. The summed E-state index contributed by atoms with van der Waals surface area (Å²) < 4.78 is 1.37. The average molecular weight is 276 g/mol. The van der Waals surface area contributed by atoms with Gasteiger partial charge in [-0.1, -0.05) is 45.4 Å². The fourth-order valence-corrected chi connectivity index (χ4v) is 3.13. The summed E-state index contributed by atoms with van der Waals surface area (Å²) in [7, 11) is 2.47. The fourth-order valence-electron chi connectivity index (χ4n) is 3.13. The molecule has 0 N–H and O–H groups in total. The quantitative estimate of drug-likeness (QED) is 0.444. The van der Waals surface area contributed by atoms with Crippen LogP contribution in [0.3, 0.4) is 0 Å². The Morgan fingerprint density at radius 3 is 1.78 bits per heavy atom. The highest BCUT2D eigenvalue weighted by molar-refractivity contribution is 4.53. The van der Waals surface area contributed by atoms with Crippen LogP contribution in [-0.2, 0) is 0 Å². The molecule has 1 rings (SSSR count). The molecule has 1 aliphatic heterocycles. The topological polar surface area (TPSA) is 0 Å². The van der Waals surface area contributed by atoms with E-state index in [0.717, 1.165) is 0 Å². The number of quaternary nitrogens is 1. The summed E-state index contributed by atoms with van der Waals surface area (Å²) in [5.41, 5.74) is 0. The summed E-state index contributed by atoms with van der Waals surface area (Å²) in [6.07, 6.45) is 16.0. The molecule has 1 aliphatic rings. The van der Waals surface area contributed by atoms with E-state index < -0.39 is 0 Å². The minimum atomic E-state index is 0. The van der Waals surface area contributed by atoms with Crippen molar-refractivity contribution in [1.82, 2.24) is 0 Å². The van der Waals surface area contributed by atoms with Crippen molar-refractivity contribution in [1.29, 1.82) is 0 Å². The molecule has 1 heterocycles. The van der Waals surface area contributed by atoms with Crippen molar-refractivity contribution in [3.63, 3.8) is 0 Å². The van der Waals surface area contributed by atoms with E-state index in [1.165, 1.54) is 94.7 Å². The maximum atomic E-state index is 2.47. The molecular weight excluding hydrogens is 242 g/mol. The van der Waals surface area contributed by atoms with Gasteiger partial charge in [0.15, 0.2) is 0 Å². The molecule has 0 aliphatic carbocycles. The number of hydrogen-bond acceptors (Lipinski definition) is 0. The summed E-state index contributed by atoms with van der Waals surface area (Å²) in [5.74, 6) is 0. The Morgan fingerprint density at radius 1 is 0.722 bits per heavy atom. The van der Waals surface area contributed by atoms with Crippen LogP contribution in [0.4, 0.5) is 0 Å². The van der Waals surface area contributed by atoms with Crippen LogP contribution in [0, 0.1) is 0 Å². The van der Waals surface area contributed by atoms with Gasteiger partial charge in [0.25, 0.3) is 0 Å². The second-order valence-electron chi connectivity index (χ2n) is 6.33. The van der Waals surface area contributed by atoms with Crippen molar-refractivity contribution in [2.75, 3.05) is 26.7 Å². The van der Waals surface area contributed by atoms with Gasteiger partial charge in [-0.25, -0.2) is 0 Å². The van der Waals surface area contributed by atoms with Crippen molar-refractivity contribution in [2.45, 2.75) is 77.6 Å². The third-order valence-electron chi connectivity index (χ3n) is 4.45. The van der Waals surface area contributed by atoms with Crippen LogP contribution in [-0.4, -0.2) is 31.2 Å². The van der Waals surface area contributed by atoms with Gasteiger partial charge in [-0.05, 0) is 32.1 Å². The molecule has 0 radical (unpaired) electrons. The molecule has 1 saturated heterocycles. The smallest absolute Gasteiger partial charge is 0.0784 e. The maximum Gasteiger partial charge on any atom is 0.0784 e. The summed E-state index contributed by atoms with van der Waals surface area (Å²) in [5, 5.41) is 0. The molecule has 0 unspecified atom stereocenters. The summed E-state index contributed by atoms with van der Waals surface area (Å²) >= 11 is 0. The molecule has 110 valence electrons. The molecular formula is C16H34ClN. The van der Waals surface area contributed by atoms with Crippen molar-refractivity contribution in [2.24, 2.45) is 0 Å². The van der Waals surface area contributed by atoms with E-state index in [2.05, 4.69) is 14.0 Å². The lowest BCUT2D eigenvalue weighted by Gasteiger charge is -2.37. The van der Waals surface area contributed by atoms with Crippen molar-refractivity contribution < 1.29 is 16.9 Å². The first-order valence-electron chi connectivity index (χ1n) is 8.10. The highest BCUT2D eigenvalue weighted by Gasteiger charge is 2.23. The van der Waals surface area contributed by atoms with Crippen molar-refractivity contribution >= 4 is 0 Å². The molecule has 2 heteroatoms. The van der Waals surface area contributed by atoms with Gasteiger partial charge >= 0.3 is 0 Å². The Balaban J connectivity index is 0.00000289. The monoisotopic (exact) mass is 275 g/mol. The number of likely N-dealkylation sites (tertiary alicyclic amines) is 1. The van der Waals surface area contributed by atoms with Gasteiger partial charge in [-0.2, -0.15) is 0 Å². The number of piperidine rings is 1. The van der Waals surface area contributed by atoms with Crippen molar-refractivity contribution in [3.8, 4) is 0 Å². The van der Waals surface area contributed by atoms with E-state index in [9.17, 15) is 0 Å². The third kappa shape index (κ3) is 8.37. The molecule has 0 bridgehead atoms. The molecule has 0 atom stereocenters. The van der Waals surface area contributed by atoms with Crippen LogP contribution in [0.1, 0.15) is 77.6 Å². The van der Waals surface area contributed by atoms with Gasteiger partial charge in [0.2, 0.25) is 0 Å². The lowest BCUT2D eigenvalue weighted by atomic mass is 10.1. The van der Waals surface area contributed by atoms with Crippen LogP contribution in [0.15, 0.2) is 0 Å². The zero-order valence-corrected chi connectivity index (χ0v) is 13.5. The lowest BCUT2D eigenvalue weighted by Crippen LogP contribution is -3.00. The Bertz CT molecular complexity index is 176. The molecule has 0 saturated carbocycles. The fraction of sp³-hybridized carbons (Fsp3) is 1.00. The standard InChI is InChI=1S/C16H34N.ClH/c1-3-4-5-6-7-8-9-11-14-17(2)15-12-10-13-16-17;/h3-16H2,1-2H3;1H/q+1;/p-1. The molecule has 0 aromatic carbocycles. The first-order chi connectivity index (χ1) is 8.27. The molecule has 1 fully saturated rings. The Kier molecular flexibility index (Phi) is 11.3. The van der Waals surface area contributed by atoms with E-state index in [0.29, 0.717) is 0 Å². The highest BCUT2D eigenvalue weighted by atomic mass is 35.5. The molecule has 0 amide bonds. The number of rotatable bonds is 9. The van der Waals surface area contributed by atoms with E-state index in [-0.39, 0.29) is 12.4 Å². The molecule has 1 nitrogen and oxygen atoms in total. The molecule has 18 heavy (non-hydrogen) atoms. The van der Waals surface area contributed by atoms with Crippen LogP contribution >= 0.6 is 0 Å². The van der Waals surface area contributed by atoms with E-state index >= 15 is 0 Å². The van der Waals surface area contributed by atoms with Crippen LogP contribution in [0.5, 0.6) is 0 Å². The highest BCUT2D eigenvalue weighted by Crippen LogP contribution is 2.18. The number of unbranched alkanes of at least 4 members (excludes halogenated alkanes) is 7. The van der Waals surface area contributed by atoms with Crippen molar-refractivity contribution in [3.05, 3.63) is 0 Å². The number of nitrogens with zero attached hydrogens (tertiary/aromatic N) is 1. The predicted molar refractivity (Wildman–Crippen MR) is 77.2 cm³/mol. The zero-order valence-electron chi connectivity index (χ0n) is 12.7. The number of hydrogen-bond donors (Lipinski definition) is 0. The summed E-state index contributed by atoms with van der Waals surface area (Å²) in [6, 6.07) is 0. The van der Waals surface area contributed by atoms with E-state index in [1.807, 2.05) is 0 Å². The van der Waals surface area contributed by atoms with Crippen LogP contribution in [0.2, 0.25) is 0 Å².